The number of rotatable bonds is 8. The number of nitrogens with one attached hydrogen (secondary N) is 3. The fourth-order valence-electron chi connectivity index (χ4n) is 3.04. The summed E-state index contributed by atoms with van der Waals surface area (Å²) in [7, 11) is -3.36. The Kier molecular flexibility index (Phi) is 9.09. The molecule has 0 aliphatic carbocycles. The van der Waals surface area contributed by atoms with Crippen LogP contribution in [-0.4, -0.2) is 44.7 Å². The third-order valence-corrected chi connectivity index (χ3v) is 6.20. The van der Waals surface area contributed by atoms with Crippen LogP contribution in [0.4, 0.5) is 4.39 Å². The van der Waals surface area contributed by atoms with Gasteiger partial charge in [0.25, 0.3) is 0 Å². The van der Waals surface area contributed by atoms with Crippen LogP contribution >= 0.6 is 24.0 Å². The van der Waals surface area contributed by atoms with Gasteiger partial charge in [0.1, 0.15) is 5.82 Å². The van der Waals surface area contributed by atoms with Crippen molar-refractivity contribution in [1.82, 2.24) is 15.6 Å². The summed E-state index contributed by atoms with van der Waals surface area (Å²) in [6, 6.07) is 13.1. The lowest BCUT2D eigenvalue weighted by molar-refractivity contribution is 0.596. The van der Waals surface area contributed by atoms with Crippen LogP contribution < -0.4 is 10.6 Å². The molecule has 3 N–H and O–H groups in total. The zero-order chi connectivity index (χ0) is 20.7. The molecule has 3 aromatic rings. The first-order valence-corrected chi connectivity index (χ1v) is 11.2. The topological polar surface area (TPSA) is 86.3 Å². The maximum atomic E-state index is 13.5. The zero-order valence-corrected chi connectivity index (χ0v) is 19.8. The highest BCUT2D eigenvalue weighted by Gasteiger charge is 2.13. The first kappa shape index (κ1) is 24.1. The Balaban J connectivity index is 0.00000320. The number of H-pyrrole nitrogens is 1. The molecular weight excluding hydrogens is 518 g/mol. The van der Waals surface area contributed by atoms with Crippen molar-refractivity contribution in [3.05, 3.63) is 66.1 Å². The minimum atomic E-state index is -3.36. The van der Waals surface area contributed by atoms with E-state index >= 15 is 0 Å². The van der Waals surface area contributed by atoms with Gasteiger partial charge in [-0.1, -0.05) is 18.2 Å². The Bertz CT molecular complexity index is 1080. The second kappa shape index (κ2) is 11.3. The van der Waals surface area contributed by atoms with E-state index < -0.39 is 9.84 Å². The van der Waals surface area contributed by atoms with E-state index in [1.165, 1.54) is 12.1 Å². The largest absolute Gasteiger partial charge is 0.361 e. The van der Waals surface area contributed by atoms with Crippen LogP contribution in [0.5, 0.6) is 0 Å². The molecule has 0 aliphatic heterocycles. The second-order valence-corrected chi connectivity index (χ2v) is 8.68. The molecule has 30 heavy (non-hydrogen) atoms. The highest BCUT2D eigenvalue weighted by Crippen LogP contribution is 2.19. The Hall–Kier alpha value is -2.14. The van der Waals surface area contributed by atoms with Crippen LogP contribution in [0.25, 0.3) is 10.9 Å². The molecule has 0 unspecified atom stereocenters. The number of aliphatic imine (C=N–C) groups is 1. The van der Waals surface area contributed by atoms with E-state index in [1.54, 1.807) is 36.4 Å². The van der Waals surface area contributed by atoms with Crippen LogP contribution in [0.1, 0.15) is 12.5 Å². The molecular formula is C21H26FIN4O2S. The van der Waals surface area contributed by atoms with Gasteiger partial charge in [-0.15, -0.1) is 24.0 Å². The van der Waals surface area contributed by atoms with Crippen molar-refractivity contribution >= 4 is 50.7 Å². The second-order valence-electron chi connectivity index (χ2n) is 6.57. The van der Waals surface area contributed by atoms with Crippen molar-refractivity contribution in [2.45, 2.75) is 18.2 Å². The Morgan fingerprint density at radius 2 is 1.90 bits per heavy atom. The lowest BCUT2D eigenvalue weighted by Gasteiger charge is -2.11. The smallest absolute Gasteiger partial charge is 0.191 e. The summed E-state index contributed by atoms with van der Waals surface area (Å²) in [5.41, 5.74) is 1.91. The van der Waals surface area contributed by atoms with Crippen LogP contribution in [0.2, 0.25) is 0 Å². The number of nitrogens with zero attached hydrogens (tertiary/aromatic N) is 1. The molecule has 0 fully saturated rings. The molecule has 1 heterocycles. The average molecular weight is 544 g/mol. The number of halogens is 2. The summed E-state index contributed by atoms with van der Waals surface area (Å²) in [5, 5.41) is 7.18. The first-order chi connectivity index (χ1) is 14.0. The quantitative estimate of drug-likeness (QED) is 0.230. The zero-order valence-electron chi connectivity index (χ0n) is 16.7. The summed E-state index contributed by atoms with van der Waals surface area (Å²) in [4.78, 5) is 7.81. The van der Waals surface area contributed by atoms with Crippen LogP contribution in [0.15, 0.2) is 64.6 Å². The van der Waals surface area contributed by atoms with Gasteiger partial charge in [0.2, 0.25) is 0 Å². The molecule has 0 bridgehead atoms. The number of aromatic nitrogens is 1. The van der Waals surface area contributed by atoms with Gasteiger partial charge in [-0.25, -0.2) is 12.8 Å². The van der Waals surface area contributed by atoms with E-state index in [1.807, 2.05) is 13.1 Å². The number of guanidine groups is 1. The molecule has 0 radical (unpaired) electrons. The van der Waals surface area contributed by atoms with Gasteiger partial charge in [0.05, 0.1) is 17.2 Å². The summed E-state index contributed by atoms with van der Waals surface area (Å²) in [6.45, 7) is 3.35. The normalized spacial score (nSPS) is 11.9. The van der Waals surface area contributed by atoms with Crippen LogP contribution in [0, 0.1) is 5.82 Å². The number of hydrogen-bond acceptors (Lipinski definition) is 3. The molecule has 6 nitrogen and oxygen atoms in total. The molecule has 162 valence electrons. The Morgan fingerprint density at radius 3 is 2.63 bits per heavy atom. The molecule has 0 aliphatic rings. The Morgan fingerprint density at radius 1 is 1.13 bits per heavy atom. The number of sulfone groups is 1. The highest BCUT2D eigenvalue weighted by atomic mass is 127. The van der Waals surface area contributed by atoms with Crippen LogP contribution in [0.3, 0.4) is 0 Å². The van der Waals surface area contributed by atoms with E-state index in [9.17, 15) is 12.8 Å². The predicted molar refractivity (Wildman–Crippen MR) is 130 cm³/mol. The van der Waals surface area contributed by atoms with Crippen molar-refractivity contribution in [2.24, 2.45) is 4.99 Å². The van der Waals surface area contributed by atoms with Crippen molar-refractivity contribution in [3.8, 4) is 0 Å². The lowest BCUT2D eigenvalue weighted by atomic mass is 10.1. The predicted octanol–water partition coefficient (Wildman–Crippen LogP) is 3.50. The number of fused-ring (bicyclic) bond motifs is 1. The van der Waals surface area contributed by atoms with E-state index in [2.05, 4.69) is 20.6 Å². The van der Waals surface area contributed by atoms with Gasteiger partial charge < -0.3 is 15.6 Å². The van der Waals surface area contributed by atoms with Gasteiger partial charge in [0, 0.05) is 30.2 Å². The van der Waals surface area contributed by atoms with Gasteiger partial charge >= 0.3 is 0 Å². The summed E-state index contributed by atoms with van der Waals surface area (Å²) in [6.07, 6.45) is 2.55. The van der Waals surface area contributed by atoms with Gasteiger partial charge in [-0.2, -0.15) is 0 Å². The Labute approximate surface area is 193 Å². The standard InChI is InChI=1S/C21H25FN4O2S.HI/c1-2-23-21(25-12-13-29(27,28)18-6-4-3-5-7-18)24-11-10-16-15-26-20-9-8-17(22)14-19(16)20;/h3-9,14-15,26H,2,10-13H2,1H3,(H2,23,24,25);1H. The fraction of sp³-hybridized carbons (Fsp3) is 0.286. The molecule has 3 rings (SSSR count). The monoisotopic (exact) mass is 544 g/mol. The van der Waals surface area contributed by atoms with Crippen LogP contribution in [-0.2, 0) is 16.3 Å². The third-order valence-electron chi connectivity index (χ3n) is 4.49. The lowest BCUT2D eigenvalue weighted by Crippen LogP contribution is -2.38. The molecule has 0 spiro atoms. The van der Waals surface area contributed by atoms with Gasteiger partial charge in [-0.05, 0) is 49.2 Å². The van der Waals surface area contributed by atoms with Crippen molar-refractivity contribution in [2.75, 3.05) is 25.4 Å². The minimum Gasteiger partial charge on any atom is -0.361 e. The van der Waals surface area contributed by atoms with Crippen molar-refractivity contribution in [1.29, 1.82) is 0 Å². The maximum absolute atomic E-state index is 13.5. The van der Waals surface area contributed by atoms with Gasteiger partial charge in [0.15, 0.2) is 15.8 Å². The number of aromatic amines is 1. The van der Waals surface area contributed by atoms with E-state index in [0.717, 1.165) is 16.5 Å². The summed E-state index contributed by atoms with van der Waals surface area (Å²) >= 11 is 0. The number of hydrogen-bond donors (Lipinski definition) is 3. The minimum absolute atomic E-state index is 0. The molecule has 0 atom stereocenters. The molecule has 2 aromatic carbocycles. The summed E-state index contributed by atoms with van der Waals surface area (Å²) < 4.78 is 38.2. The van der Waals surface area contributed by atoms with E-state index in [0.29, 0.717) is 30.4 Å². The SMILES string of the molecule is CCNC(=NCCS(=O)(=O)c1ccccc1)NCCc1c[nH]c2ccc(F)cc12.I. The van der Waals surface area contributed by atoms with Crippen molar-refractivity contribution in [3.63, 3.8) is 0 Å². The maximum Gasteiger partial charge on any atom is 0.191 e. The average Bonchev–Trinajstić information content (AvgIpc) is 3.10. The summed E-state index contributed by atoms with van der Waals surface area (Å²) in [5.74, 6) is 0.234. The molecule has 0 saturated carbocycles. The highest BCUT2D eigenvalue weighted by molar-refractivity contribution is 14.0. The third kappa shape index (κ3) is 6.43. The molecule has 0 saturated heterocycles. The van der Waals surface area contributed by atoms with E-state index in [4.69, 9.17) is 0 Å². The van der Waals surface area contributed by atoms with Gasteiger partial charge in [-0.3, -0.25) is 4.99 Å². The molecule has 0 amide bonds. The molecule has 9 heteroatoms. The fourth-order valence-corrected chi connectivity index (χ4v) is 4.18. The molecule has 1 aromatic heterocycles. The van der Waals surface area contributed by atoms with E-state index in [-0.39, 0.29) is 42.1 Å². The number of benzene rings is 2. The first-order valence-electron chi connectivity index (χ1n) is 9.55. The van der Waals surface area contributed by atoms with Crippen molar-refractivity contribution < 1.29 is 12.8 Å².